The molecule has 1 heterocycles. The van der Waals surface area contributed by atoms with Crippen molar-refractivity contribution in [2.24, 2.45) is 0 Å². The molecule has 1 atom stereocenters. The summed E-state index contributed by atoms with van der Waals surface area (Å²) in [5, 5.41) is 6.22. The molecule has 12 heteroatoms. The van der Waals surface area contributed by atoms with Gasteiger partial charge in [-0.25, -0.2) is 8.42 Å². The van der Waals surface area contributed by atoms with Gasteiger partial charge in [-0.2, -0.15) is 4.72 Å². The topological polar surface area (TPSA) is 127 Å². The fourth-order valence-electron chi connectivity index (χ4n) is 1.82. The SMILES string of the molecule is CC(=O)Nc1ccc(S(=O)(=O)N[C@@H](C)C(=O)OCc2nnsc2Cl)cc1. The average molecular weight is 419 g/mol. The summed E-state index contributed by atoms with van der Waals surface area (Å²) in [6.45, 7) is 2.49. The third-order valence-electron chi connectivity index (χ3n) is 3.03. The molecule has 0 aliphatic carbocycles. The minimum atomic E-state index is -3.95. The first-order chi connectivity index (χ1) is 12.2. The molecule has 0 saturated heterocycles. The molecule has 1 aromatic heterocycles. The van der Waals surface area contributed by atoms with Gasteiger partial charge in [-0.05, 0) is 31.2 Å². The normalized spacial score (nSPS) is 12.4. The van der Waals surface area contributed by atoms with E-state index in [9.17, 15) is 18.0 Å². The largest absolute Gasteiger partial charge is 0.458 e. The first-order valence-corrected chi connectivity index (χ1v) is 9.86. The number of benzene rings is 1. The van der Waals surface area contributed by atoms with Gasteiger partial charge in [0.1, 0.15) is 22.7 Å². The van der Waals surface area contributed by atoms with Crippen LogP contribution in [-0.2, 0) is 31.0 Å². The molecule has 0 spiro atoms. The van der Waals surface area contributed by atoms with E-state index in [-0.39, 0.29) is 17.4 Å². The Labute approximate surface area is 158 Å². The van der Waals surface area contributed by atoms with Crippen LogP contribution >= 0.6 is 23.1 Å². The zero-order valence-corrected chi connectivity index (χ0v) is 16.1. The number of anilines is 1. The van der Waals surface area contributed by atoms with Crippen molar-refractivity contribution in [2.45, 2.75) is 31.4 Å². The lowest BCUT2D eigenvalue weighted by Crippen LogP contribution is -2.39. The predicted octanol–water partition coefficient (Wildman–Crippen LogP) is 1.56. The van der Waals surface area contributed by atoms with Crippen molar-refractivity contribution in [1.82, 2.24) is 14.3 Å². The van der Waals surface area contributed by atoms with Gasteiger partial charge in [-0.1, -0.05) is 16.1 Å². The van der Waals surface area contributed by atoms with Gasteiger partial charge in [0.2, 0.25) is 15.9 Å². The fourth-order valence-corrected chi connectivity index (χ4v) is 3.61. The highest BCUT2D eigenvalue weighted by molar-refractivity contribution is 7.89. The van der Waals surface area contributed by atoms with Gasteiger partial charge in [0.05, 0.1) is 4.90 Å². The van der Waals surface area contributed by atoms with Crippen LogP contribution in [0.25, 0.3) is 0 Å². The van der Waals surface area contributed by atoms with Gasteiger partial charge in [0, 0.05) is 24.1 Å². The lowest BCUT2D eigenvalue weighted by Gasteiger charge is -2.13. The van der Waals surface area contributed by atoms with Crippen molar-refractivity contribution in [3.63, 3.8) is 0 Å². The van der Waals surface area contributed by atoms with E-state index in [0.717, 1.165) is 11.5 Å². The van der Waals surface area contributed by atoms with Crippen LogP contribution in [0.3, 0.4) is 0 Å². The van der Waals surface area contributed by atoms with E-state index in [1.165, 1.54) is 38.1 Å². The molecule has 0 radical (unpaired) electrons. The molecular formula is C14H15ClN4O5S2. The molecule has 140 valence electrons. The van der Waals surface area contributed by atoms with Gasteiger partial charge in [-0.15, -0.1) is 5.10 Å². The van der Waals surface area contributed by atoms with E-state index < -0.39 is 22.0 Å². The molecule has 0 bridgehead atoms. The zero-order valence-electron chi connectivity index (χ0n) is 13.7. The summed E-state index contributed by atoms with van der Waals surface area (Å²) < 4.78 is 35.7. The minimum absolute atomic E-state index is 0.0574. The van der Waals surface area contributed by atoms with E-state index in [1.54, 1.807) is 0 Å². The van der Waals surface area contributed by atoms with Crippen molar-refractivity contribution in [1.29, 1.82) is 0 Å². The molecule has 1 amide bonds. The van der Waals surface area contributed by atoms with Crippen molar-refractivity contribution >= 4 is 50.7 Å². The Hall–Kier alpha value is -2.08. The fraction of sp³-hybridized carbons (Fsp3) is 0.286. The predicted molar refractivity (Wildman–Crippen MR) is 95.2 cm³/mol. The van der Waals surface area contributed by atoms with Crippen LogP contribution in [-0.4, -0.2) is 35.9 Å². The van der Waals surface area contributed by atoms with Crippen molar-refractivity contribution in [2.75, 3.05) is 5.32 Å². The molecule has 0 aliphatic rings. The summed E-state index contributed by atoms with van der Waals surface area (Å²) in [5.41, 5.74) is 0.756. The first-order valence-electron chi connectivity index (χ1n) is 7.22. The minimum Gasteiger partial charge on any atom is -0.458 e. The Morgan fingerprint density at radius 1 is 1.31 bits per heavy atom. The molecule has 9 nitrogen and oxygen atoms in total. The summed E-state index contributed by atoms with van der Waals surface area (Å²) in [5.74, 6) is -1.06. The number of hydrogen-bond acceptors (Lipinski definition) is 8. The molecule has 2 rings (SSSR count). The number of sulfonamides is 1. The number of carbonyl (C=O) groups excluding carboxylic acids is 2. The molecular weight excluding hydrogens is 404 g/mol. The van der Waals surface area contributed by atoms with E-state index >= 15 is 0 Å². The summed E-state index contributed by atoms with van der Waals surface area (Å²) >= 11 is 6.75. The van der Waals surface area contributed by atoms with Crippen LogP contribution < -0.4 is 10.0 Å². The Morgan fingerprint density at radius 2 is 1.96 bits per heavy atom. The summed E-state index contributed by atoms with van der Waals surface area (Å²) in [6.07, 6.45) is 0. The summed E-state index contributed by atoms with van der Waals surface area (Å²) in [4.78, 5) is 22.9. The molecule has 1 aromatic carbocycles. The Kier molecular flexibility index (Phi) is 6.64. The van der Waals surface area contributed by atoms with Crippen LogP contribution in [0, 0.1) is 0 Å². The first kappa shape index (κ1) is 20.2. The Bertz CT molecular complexity index is 898. The second-order valence-corrected chi connectivity index (χ2v) is 8.22. The zero-order chi connectivity index (χ0) is 19.3. The number of halogens is 1. The molecule has 0 saturated carbocycles. The molecule has 0 aliphatic heterocycles. The lowest BCUT2D eigenvalue weighted by atomic mass is 10.3. The number of esters is 1. The van der Waals surface area contributed by atoms with Crippen LogP contribution in [0.4, 0.5) is 5.69 Å². The maximum Gasteiger partial charge on any atom is 0.324 e. The van der Waals surface area contributed by atoms with Crippen LogP contribution in [0.15, 0.2) is 29.2 Å². The average Bonchev–Trinajstić information content (AvgIpc) is 2.97. The van der Waals surface area contributed by atoms with Gasteiger partial charge in [0.25, 0.3) is 0 Å². The molecule has 0 unspecified atom stereocenters. The highest BCUT2D eigenvalue weighted by atomic mass is 35.5. The third kappa shape index (κ3) is 5.46. The number of rotatable bonds is 7. The second-order valence-electron chi connectivity index (χ2n) is 5.15. The standard InChI is InChI=1S/C14H15ClN4O5S2/c1-8(14(21)24-7-12-13(15)25-19-17-12)18-26(22,23)11-5-3-10(4-6-11)16-9(2)20/h3-6,8,18H,7H2,1-2H3,(H,16,20)/t8-/m0/s1. The number of aromatic nitrogens is 2. The number of amides is 1. The monoisotopic (exact) mass is 418 g/mol. The second kappa shape index (κ2) is 8.54. The van der Waals surface area contributed by atoms with Gasteiger partial charge in [-0.3, -0.25) is 9.59 Å². The maximum atomic E-state index is 12.3. The number of carbonyl (C=O) groups is 2. The van der Waals surface area contributed by atoms with Crippen LogP contribution in [0.5, 0.6) is 0 Å². The van der Waals surface area contributed by atoms with Crippen LogP contribution in [0.1, 0.15) is 19.5 Å². The summed E-state index contributed by atoms with van der Waals surface area (Å²) in [6, 6.07) is 4.38. The maximum absolute atomic E-state index is 12.3. The highest BCUT2D eigenvalue weighted by Gasteiger charge is 2.23. The van der Waals surface area contributed by atoms with Crippen molar-refractivity contribution < 1.29 is 22.7 Å². The molecule has 0 fully saturated rings. The summed E-state index contributed by atoms with van der Waals surface area (Å²) in [7, 11) is -3.95. The van der Waals surface area contributed by atoms with E-state index in [1.807, 2.05) is 0 Å². The number of nitrogens with one attached hydrogen (secondary N) is 2. The van der Waals surface area contributed by atoms with E-state index in [4.69, 9.17) is 16.3 Å². The van der Waals surface area contributed by atoms with Crippen LogP contribution in [0.2, 0.25) is 4.34 Å². The van der Waals surface area contributed by atoms with Gasteiger partial charge >= 0.3 is 5.97 Å². The quantitative estimate of drug-likeness (QED) is 0.653. The van der Waals surface area contributed by atoms with Gasteiger partial charge in [0.15, 0.2) is 0 Å². The molecule has 2 N–H and O–H groups in total. The molecule has 2 aromatic rings. The number of ether oxygens (including phenoxy) is 1. The van der Waals surface area contributed by atoms with E-state index in [0.29, 0.717) is 15.7 Å². The highest BCUT2D eigenvalue weighted by Crippen LogP contribution is 2.18. The number of hydrogen-bond donors (Lipinski definition) is 2. The number of nitrogens with zero attached hydrogens (tertiary/aromatic N) is 2. The third-order valence-corrected chi connectivity index (χ3v) is 5.57. The van der Waals surface area contributed by atoms with Gasteiger partial charge < -0.3 is 10.1 Å². The van der Waals surface area contributed by atoms with E-state index in [2.05, 4.69) is 19.6 Å². The van der Waals surface area contributed by atoms with Crippen molar-refractivity contribution in [3.05, 3.63) is 34.3 Å². The smallest absolute Gasteiger partial charge is 0.324 e. The Morgan fingerprint density at radius 3 is 2.50 bits per heavy atom. The van der Waals surface area contributed by atoms with Crippen molar-refractivity contribution in [3.8, 4) is 0 Å². The molecule has 26 heavy (non-hydrogen) atoms. The lowest BCUT2D eigenvalue weighted by molar-refractivity contribution is -0.146. The Balaban J connectivity index is 1.97.